The van der Waals surface area contributed by atoms with Crippen LogP contribution in [-0.2, 0) is 6.18 Å². The van der Waals surface area contributed by atoms with Crippen molar-refractivity contribution in [3.05, 3.63) is 23.8 Å². The molecule has 5 nitrogen and oxygen atoms in total. The largest absolute Gasteiger partial charge is 0.433 e. The van der Waals surface area contributed by atoms with Crippen LogP contribution in [0.15, 0.2) is 12.4 Å². The number of hydrogen-bond acceptors (Lipinski definition) is 4. The van der Waals surface area contributed by atoms with E-state index in [1.807, 2.05) is 0 Å². The highest BCUT2D eigenvalue weighted by Gasteiger charge is 2.36. The van der Waals surface area contributed by atoms with Gasteiger partial charge in [-0.1, -0.05) is 13.8 Å². The minimum atomic E-state index is -4.48. The number of nitrogens with zero attached hydrogens (tertiary/aromatic N) is 5. The Morgan fingerprint density at radius 1 is 1.35 bits per heavy atom. The molecule has 2 aromatic heterocycles. The molecule has 0 aromatic carbocycles. The molecule has 0 saturated carbocycles. The summed E-state index contributed by atoms with van der Waals surface area (Å²) in [4.78, 5) is 10.5. The van der Waals surface area contributed by atoms with Crippen molar-refractivity contribution in [1.82, 2.24) is 24.5 Å². The average molecular weight is 327 g/mol. The first-order valence-electron chi connectivity index (χ1n) is 7.85. The first-order valence-corrected chi connectivity index (χ1v) is 7.85. The zero-order valence-corrected chi connectivity index (χ0v) is 13.2. The molecule has 1 aliphatic heterocycles. The molecule has 1 fully saturated rings. The van der Waals surface area contributed by atoms with E-state index in [1.54, 1.807) is 0 Å². The molecule has 1 aliphatic rings. The van der Waals surface area contributed by atoms with E-state index in [0.717, 1.165) is 49.4 Å². The van der Waals surface area contributed by atoms with Crippen LogP contribution >= 0.6 is 0 Å². The van der Waals surface area contributed by atoms with Crippen LogP contribution in [0.2, 0.25) is 0 Å². The van der Waals surface area contributed by atoms with Crippen molar-refractivity contribution in [2.45, 2.75) is 38.8 Å². The molecule has 0 bridgehead atoms. The lowest BCUT2D eigenvalue weighted by atomic mass is 9.93. The molecule has 0 N–H and O–H groups in total. The minimum absolute atomic E-state index is 0.00491. The molecule has 23 heavy (non-hydrogen) atoms. The number of likely N-dealkylation sites (tertiary alicyclic amines) is 1. The highest BCUT2D eigenvalue weighted by Crippen LogP contribution is 2.33. The second kappa shape index (κ2) is 6.07. The number of hydrogen-bond donors (Lipinski definition) is 0. The van der Waals surface area contributed by atoms with Crippen molar-refractivity contribution < 1.29 is 13.2 Å². The summed E-state index contributed by atoms with van der Waals surface area (Å²) in [5.74, 6) is 0.549. The van der Waals surface area contributed by atoms with Crippen LogP contribution in [0.4, 0.5) is 13.2 Å². The Labute approximate surface area is 132 Å². The molecule has 0 aliphatic carbocycles. The van der Waals surface area contributed by atoms with E-state index in [2.05, 4.69) is 33.8 Å². The predicted molar refractivity (Wildman–Crippen MR) is 79.0 cm³/mol. The number of fused-ring (bicyclic) bond motifs is 1. The highest BCUT2D eigenvalue weighted by atomic mass is 19.4. The molecule has 0 radical (unpaired) electrons. The van der Waals surface area contributed by atoms with E-state index in [4.69, 9.17) is 0 Å². The van der Waals surface area contributed by atoms with Gasteiger partial charge in [0.25, 0.3) is 5.78 Å². The maximum atomic E-state index is 13.3. The smallest absolute Gasteiger partial charge is 0.302 e. The zero-order valence-electron chi connectivity index (χ0n) is 13.2. The van der Waals surface area contributed by atoms with Crippen molar-refractivity contribution in [2.24, 2.45) is 5.92 Å². The van der Waals surface area contributed by atoms with Crippen LogP contribution in [0.3, 0.4) is 0 Å². The van der Waals surface area contributed by atoms with Crippen LogP contribution < -0.4 is 0 Å². The first kappa shape index (κ1) is 16.2. The lowest BCUT2D eigenvalue weighted by molar-refractivity contribution is -0.142. The third-order valence-corrected chi connectivity index (χ3v) is 4.11. The van der Waals surface area contributed by atoms with Gasteiger partial charge in [0, 0.05) is 19.0 Å². The Morgan fingerprint density at radius 3 is 2.83 bits per heavy atom. The van der Waals surface area contributed by atoms with Crippen LogP contribution in [0, 0.1) is 5.92 Å². The maximum absolute atomic E-state index is 13.3. The number of halogens is 3. The Bertz CT molecular complexity index is 679. The number of alkyl halides is 3. The molecule has 1 atom stereocenters. The predicted octanol–water partition coefficient (Wildman–Crippen LogP) is 2.98. The van der Waals surface area contributed by atoms with Crippen LogP contribution in [0.5, 0.6) is 0 Å². The summed E-state index contributed by atoms with van der Waals surface area (Å²) in [6.07, 6.45) is -1.55. The van der Waals surface area contributed by atoms with Gasteiger partial charge in [0.15, 0.2) is 5.69 Å². The molecular weight excluding hydrogens is 307 g/mol. The molecule has 3 heterocycles. The summed E-state index contributed by atoms with van der Waals surface area (Å²) >= 11 is 0. The third-order valence-electron chi connectivity index (χ3n) is 4.11. The lowest BCUT2D eigenvalue weighted by Crippen LogP contribution is -2.37. The molecule has 1 unspecified atom stereocenters. The van der Waals surface area contributed by atoms with E-state index in [1.165, 1.54) is 0 Å². The number of piperidine rings is 1. The summed E-state index contributed by atoms with van der Waals surface area (Å²) in [6, 6.07) is 1.13. The Balaban J connectivity index is 1.93. The van der Waals surface area contributed by atoms with Gasteiger partial charge in [0.05, 0.1) is 5.69 Å². The fourth-order valence-corrected chi connectivity index (χ4v) is 3.22. The highest BCUT2D eigenvalue weighted by molar-refractivity contribution is 5.33. The fourth-order valence-electron chi connectivity index (χ4n) is 3.22. The molecule has 126 valence electrons. The summed E-state index contributed by atoms with van der Waals surface area (Å²) in [5.41, 5.74) is -0.345. The van der Waals surface area contributed by atoms with E-state index in [0.29, 0.717) is 11.6 Å². The van der Waals surface area contributed by atoms with E-state index < -0.39 is 11.9 Å². The SMILES string of the molecule is CC(C)CN1CCCC(c2cc(C(F)(F)F)n3ncnc3n2)C1. The molecule has 1 saturated heterocycles. The van der Waals surface area contributed by atoms with Gasteiger partial charge in [-0.15, -0.1) is 0 Å². The summed E-state index contributed by atoms with van der Waals surface area (Å²) in [6.45, 7) is 6.98. The van der Waals surface area contributed by atoms with Crippen molar-refractivity contribution in [1.29, 1.82) is 0 Å². The maximum Gasteiger partial charge on any atom is 0.433 e. The second-order valence-corrected chi connectivity index (χ2v) is 6.53. The quantitative estimate of drug-likeness (QED) is 0.869. The second-order valence-electron chi connectivity index (χ2n) is 6.53. The molecule has 0 amide bonds. The van der Waals surface area contributed by atoms with Gasteiger partial charge in [-0.3, -0.25) is 0 Å². The van der Waals surface area contributed by atoms with Crippen LogP contribution in [0.25, 0.3) is 5.78 Å². The summed E-state index contributed by atoms with van der Waals surface area (Å²) in [5, 5.41) is 3.64. The van der Waals surface area contributed by atoms with Gasteiger partial charge in [-0.05, 0) is 31.4 Å². The molecular formula is C15H20F3N5. The Morgan fingerprint density at radius 2 is 2.13 bits per heavy atom. The van der Waals surface area contributed by atoms with Crippen molar-refractivity contribution in [3.8, 4) is 0 Å². The van der Waals surface area contributed by atoms with Crippen LogP contribution in [-0.4, -0.2) is 44.1 Å². The lowest BCUT2D eigenvalue weighted by Gasteiger charge is -2.33. The van der Waals surface area contributed by atoms with Crippen molar-refractivity contribution in [3.63, 3.8) is 0 Å². The zero-order chi connectivity index (χ0) is 16.6. The molecule has 3 rings (SSSR count). The number of aromatic nitrogens is 4. The normalized spacial score (nSPS) is 20.5. The number of rotatable bonds is 3. The topological polar surface area (TPSA) is 46.3 Å². The third kappa shape index (κ3) is 3.46. The van der Waals surface area contributed by atoms with E-state index in [9.17, 15) is 13.2 Å². The molecule has 8 heteroatoms. The molecule has 2 aromatic rings. The monoisotopic (exact) mass is 327 g/mol. The van der Waals surface area contributed by atoms with Crippen molar-refractivity contribution >= 4 is 5.78 Å². The van der Waals surface area contributed by atoms with Gasteiger partial charge < -0.3 is 4.90 Å². The Hall–Kier alpha value is -1.70. The van der Waals surface area contributed by atoms with Gasteiger partial charge >= 0.3 is 6.18 Å². The van der Waals surface area contributed by atoms with Crippen LogP contribution in [0.1, 0.15) is 44.0 Å². The minimum Gasteiger partial charge on any atom is -0.302 e. The fraction of sp³-hybridized carbons (Fsp3) is 0.667. The van der Waals surface area contributed by atoms with E-state index >= 15 is 0 Å². The van der Waals surface area contributed by atoms with E-state index in [-0.39, 0.29) is 11.7 Å². The average Bonchev–Trinajstić information content (AvgIpc) is 2.92. The van der Waals surface area contributed by atoms with Gasteiger partial charge in [0.1, 0.15) is 6.33 Å². The molecule has 0 spiro atoms. The van der Waals surface area contributed by atoms with Gasteiger partial charge in [0.2, 0.25) is 0 Å². The van der Waals surface area contributed by atoms with Gasteiger partial charge in [-0.25, -0.2) is 4.98 Å². The summed E-state index contributed by atoms with van der Waals surface area (Å²) < 4.78 is 40.6. The van der Waals surface area contributed by atoms with Crippen molar-refractivity contribution in [2.75, 3.05) is 19.6 Å². The standard InChI is InChI=1S/C15H20F3N5/c1-10(2)7-22-5-3-4-11(8-22)12-6-13(15(16,17)18)23-14(21-12)19-9-20-23/h6,9-11H,3-5,7-8H2,1-2H3. The van der Waals surface area contributed by atoms with Gasteiger partial charge in [-0.2, -0.15) is 27.8 Å². The Kier molecular flexibility index (Phi) is 4.27. The first-order chi connectivity index (χ1) is 10.8. The summed E-state index contributed by atoms with van der Waals surface area (Å²) in [7, 11) is 0.